The molecule has 1 atom stereocenters. The number of carbonyl (C=O) groups excluding carboxylic acids is 1. The van der Waals surface area contributed by atoms with Crippen LogP contribution in [0.25, 0.3) is 10.9 Å². The molecule has 8 nitrogen and oxygen atoms in total. The van der Waals surface area contributed by atoms with Gasteiger partial charge in [0.2, 0.25) is 0 Å². The average molecular weight is 357 g/mol. The summed E-state index contributed by atoms with van der Waals surface area (Å²) in [4.78, 5) is 16.2. The summed E-state index contributed by atoms with van der Waals surface area (Å²) in [5.74, 6) is 0.640. The van der Waals surface area contributed by atoms with E-state index in [1.54, 1.807) is 6.20 Å². The van der Waals surface area contributed by atoms with E-state index >= 15 is 0 Å². The van der Waals surface area contributed by atoms with Crippen LogP contribution in [0.1, 0.15) is 16.2 Å². The first kappa shape index (κ1) is 17.8. The molecule has 26 heavy (non-hydrogen) atoms. The maximum atomic E-state index is 12.0. The Kier molecular flexibility index (Phi) is 5.77. The Morgan fingerprint density at radius 2 is 2.23 bits per heavy atom. The molecule has 2 aromatic heterocycles. The molecule has 136 valence electrons. The van der Waals surface area contributed by atoms with Crippen molar-refractivity contribution < 1.29 is 23.9 Å². The SMILES string of the molecule is COC[C@@H](O)CNC(=O)c1cc(COc2ccc3ncccc3c2)on1. The number of carbonyl (C=O) groups is 1. The molecular weight excluding hydrogens is 338 g/mol. The molecule has 0 aliphatic rings. The molecule has 0 aliphatic carbocycles. The van der Waals surface area contributed by atoms with Crippen molar-refractivity contribution in [3.05, 3.63) is 54.0 Å². The number of pyridine rings is 1. The van der Waals surface area contributed by atoms with Crippen LogP contribution in [0.2, 0.25) is 0 Å². The van der Waals surface area contributed by atoms with Gasteiger partial charge in [-0.2, -0.15) is 0 Å². The zero-order valence-corrected chi connectivity index (χ0v) is 14.2. The van der Waals surface area contributed by atoms with Gasteiger partial charge in [0.25, 0.3) is 5.91 Å². The molecule has 0 aliphatic heterocycles. The number of fused-ring (bicyclic) bond motifs is 1. The Bertz CT molecular complexity index is 880. The van der Waals surface area contributed by atoms with Gasteiger partial charge >= 0.3 is 0 Å². The number of nitrogens with one attached hydrogen (secondary N) is 1. The Balaban J connectivity index is 1.55. The Morgan fingerprint density at radius 3 is 3.08 bits per heavy atom. The van der Waals surface area contributed by atoms with E-state index in [1.165, 1.54) is 13.2 Å². The summed E-state index contributed by atoms with van der Waals surface area (Å²) in [5.41, 5.74) is 1.00. The third-order valence-electron chi connectivity index (χ3n) is 3.60. The lowest BCUT2D eigenvalue weighted by molar-refractivity contribution is 0.0607. The standard InChI is InChI=1S/C18H19N3O5/c1-24-10-13(22)9-20-18(23)17-8-15(26-21-17)11-25-14-4-5-16-12(7-14)3-2-6-19-16/h2-8,13,22H,9-11H2,1H3,(H,20,23)/t13-/m0/s1. The van der Waals surface area contributed by atoms with Gasteiger partial charge in [0.1, 0.15) is 12.4 Å². The molecule has 0 saturated carbocycles. The molecule has 2 N–H and O–H groups in total. The summed E-state index contributed by atoms with van der Waals surface area (Å²) < 4.78 is 15.6. The minimum absolute atomic E-state index is 0.0660. The van der Waals surface area contributed by atoms with E-state index in [-0.39, 0.29) is 25.5 Å². The molecule has 0 bridgehead atoms. The number of aromatic nitrogens is 2. The molecule has 1 amide bonds. The topological polar surface area (TPSA) is 107 Å². The lowest BCUT2D eigenvalue weighted by Crippen LogP contribution is -2.34. The number of nitrogens with zero attached hydrogens (tertiary/aromatic N) is 2. The predicted octanol–water partition coefficient (Wildman–Crippen LogP) is 1.54. The number of benzene rings is 1. The number of amides is 1. The Hall–Kier alpha value is -2.97. The average Bonchev–Trinajstić information content (AvgIpc) is 3.14. The fourth-order valence-corrected chi connectivity index (χ4v) is 2.34. The molecule has 0 radical (unpaired) electrons. The van der Waals surface area contributed by atoms with Gasteiger partial charge in [-0.25, -0.2) is 0 Å². The van der Waals surface area contributed by atoms with Crippen molar-refractivity contribution in [1.82, 2.24) is 15.5 Å². The second-order valence-corrected chi connectivity index (χ2v) is 5.64. The summed E-state index contributed by atoms with van der Waals surface area (Å²) in [7, 11) is 1.47. The van der Waals surface area contributed by atoms with Gasteiger partial charge in [-0.3, -0.25) is 9.78 Å². The molecule has 0 fully saturated rings. The molecule has 3 aromatic rings. The van der Waals surface area contributed by atoms with Gasteiger partial charge < -0.3 is 24.4 Å². The number of rotatable bonds is 8. The van der Waals surface area contributed by atoms with Crippen molar-refractivity contribution in [1.29, 1.82) is 0 Å². The van der Waals surface area contributed by atoms with Gasteiger partial charge in [0, 0.05) is 31.3 Å². The summed E-state index contributed by atoms with van der Waals surface area (Å²) in [6.07, 6.45) is 0.958. The van der Waals surface area contributed by atoms with Crippen LogP contribution in [0.3, 0.4) is 0 Å². The highest BCUT2D eigenvalue weighted by molar-refractivity contribution is 5.92. The second kappa shape index (κ2) is 8.41. The minimum Gasteiger partial charge on any atom is -0.486 e. The van der Waals surface area contributed by atoms with Crippen LogP contribution < -0.4 is 10.1 Å². The van der Waals surface area contributed by atoms with Crippen molar-refractivity contribution in [3.8, 4) is 5.75 Å². The quantitative estimate of drug-likeness (QED) is 0.630. The monoisotopic (exact) mass is 357 g/mol. The summed E-state index contributed by atoms with van der Waals surface area (Å²) in [5, 5.41) is 16.8. The number of hydrogen-bond acceptors (Lipinski definition) is 7. The van der Waals surface area contributed by atoms with Gasteiger partial charge in [0.05, 0.1) is 18.2 Å². The Morgan fingerprint density at radius 1 is 1.35 bits per heavy atom. The van der Waals surface area contributed by atoms with E-state index in [0.717, 1.165) is 10.9 Å². The number of aliphatic hydroxyl groups is 1. The number of hydrogen-bond donors (Lipinski definition) is 2. The van der Waals surface area contributed by atoms with E-state index < -0.39 is 12.0 Å². The lowest BCUT2D eigenvalue weighted by Gasteiger charge is -2.09. The number of methoxy groups -OCH3 is 1. The maximum absolute atomic E-state index is 12.0. The predicted molar refractivity (Wildman–Crippen MR) is 92.8 cm³/mol. The van der Waals surface area contributed by atoms with Gasteiger partial charge in [-0.1, -0.05) is 11.2 Å². The molecule has 0 unspecified atom stereocenters. The first-order chi connectivity index (χ1) is 12.7. The zero-order chi connectivity index (χ0) is 18.4. The number of ether oxygens (including phenoxy) is 2. The third kappa shape index (κ3) is 4.56. The first-order valence-electron chi connectivity index (χ1n) is 8.04. The van der Waals surface area contributed by atoms with E-state index in [9.17, 15) is 9.90 Å². The van der Waals surface area contributed by atoms with Crippen molar-refractivity contribution >= 4 is 16.8 Å². The highest BCUT2D eigenvalue weighted by Crippen LogP contribution is 2.20. The van der Waals surface area contributed by atoms with Gasteiger partial charge in [0.15, 0.2) is 11.5 Å². The van der Waals surface area contributed by atoms with Crippen molar-refractivity contribution in [2.75, 3.05) is 20.3 Å². The van der Waals surface area contributed by atoms with Crippen LogP contribution in [-0.4, -0.2) is 47.5 Å². The number of aliphatic hydroxyl groups excluding tert-OH is 1. The maximum Gasteiger partial charge on any atom is 0.273 e. The van der Waals surface area contributed by atoms with E-state index in [1.807, 2.05) is 30.3 Å². The smallest absolute Gasteiger partial charge is 0.273 e. The molecule has 0 saturated heterocycles. The summed E-state index contributed by atoms with van der Waals surface area (Å²) >= 11 is 0. The summed E-state index contributed by atoms with van der Waals surface area (Å²) in [6.45, 7) is 0.342. The normalized spacial score (nSPS) is 12.1. The highest BCUT2D eigenvalue weighted by atomic mass is 16.5. The van der Waals surface area contributed by atoms with Crippen LogP contribution in [0, 0.1) is 0 Å². The first-order valence-corrected chi connectivity index (χ1v) is 8.04. The largest absolute Gasteiger partial charge is 0.486 e. The van der Waals surface area contributed by atoms with Gasteiger partial charge in [-0.05, 0) is 24.3 Å². The van der Waals surface area contributed by atoms with Crippen molar-refractivity contribution in [2.45, 2.75) is 12.7 Å². The fourth-order valence-electron chi connectivity index (χ4n) is 2.34. The zero-order valence-electron chi connectivity index (χ0n) is 14.2. The highest BCUT2D eigenvalue weighted by Gasteiger charge is 2.14. The molecular formula is C18H19N3O5. The van der Waals surface area contributed by atoms with Crippen molar-refractivity contribution in [2.24, 2.45) is 0 Å². The third-order valence-corrected chi connectivity index (χ3v) is 3.60. The molecule has 3 rings (SSSR count). The molecule has 8 heteroatoms. The second-order valence-electron chi connectivity index (χ2n) is 5.64. The van der Waals surface area contributed by atoms with Crippen LogP contribution in [0.4, 0.5) is 0 Å². The van der Waals surface area contributed by atoms with E-state index in [4.69, 9.17) is 14.0 Å². The molecule has 2 heterocycles. The lowest BCUT2D eigenvalue weighted by atomic mass is 10.2. The minimum atomic E-state index is -0.777. The Labute approximate surface area is 149 Å². The van der Waals surface area contributed by atoms with Crippen LogP contribution in [-0.2, 0) is 11.3 Å². The van der Waals surface area contributed by atoms with Crippen LogP contribution in [0.15, 0.2) is 47.1 Å². The van der Waals surface area contributed by atoms with E-state index in [2.05, 4.69) is 15.5 Å². The van der Waals surface area contributed by atoms with Gasteiger partial charge in [-0.15, -0.1) is 0 Å². The summed E-state index contributed by atoms with van der Waals surface area (Å²) in [6, 6.07) is 10.9. The van der Waals surface area contributed by atoms with Crippen LogP contribution >= 0.6 is 0 Å². The molecule has 0 spiro atoms. The molecule has 1 aromatic carbocycles. The van der Waals surface area contributed by atoms with Crippen LogP contribution in [0.5, 0.6) is 5.75 Å². The van der Waals surface area contributed by atoms with Crippen molar-refractivity contribution in [3.63, 3.8) is 0 Å². The van der Waals surface area contributed by atoms with E-state index in [0.29, 0.717) is 11.5 Å². The fraction of sp³-hybridized carbons (Fsp3) is 0.278.